The highest BCUT2D eigenvalue weighted by atomic mass is 15.2. The molecule has 1 unspecified atom stereocenters. The van der Waals surface area contributed by atoms with Crippen molar-refractivity contribution in [3.63, 3.8) is 0 Å². The lowest BCUT2D eigenvalue weighted by Gasteiger charge is -2.06. The van der Waals surface area contributed by atoms with Crippen LogP contribution >= 0.6 is 0 Å². The molecule has 0 aromatic rings. The van der Waals surface area contributed by atoms with Crippen molar-refractivity contribution in [2.24, 2.45) is 4.99 Å². The summed E-state index contributed by atoms with van der Waals surface area (Å²) in [5.41, 5.74) is 0. The van der Waals surface area contributed by atoms with Crippen LogP contribution in [0, 0.1) is 17.9 Å². The second kappa shape index (κ2) is 1.93. The fraction of sp³-hybridized carbons (Fsp3) is 0.400. The Morgan fingerprint density at radius 2 is 2.75 bits per heavy atom. The largest absolute Gasteiger partial charge is 0.261 e. The molecule has 0 amide bonds. The predicted octanol–water partition coefficient (Wildman–Crippen LogP) is -0.109. The van der Waals surface area contributed by atoms with E-state index >= 15 is 0 Å². The van der Waals surface area contributed by atoms with Crippen LogP contribution in [0.15, 0.2) is 4.99 Å². The molecule has 0 saturated carbocycles. The standard InChI is InChI=1S/C5H5N3/c1-8-3-2-7-5(8)4-6/h2,5H,1H3. The van der Waals surface area contributed by atoms with Crippen molar-refractivity contribution in [3.8, 4) is 6.07 Å². The van der Waals surface area contributed by atoms with Crippen molar-refractivity contribution in [3.05, 3.63) is 6.54 Å². The first kappa shape index (κ1) is 5.26. The predicted molar refractivity (Wildman–Crippen MR) is 28.9 cm³/mol. The molecule has 0 aromatic carbocycles. The summed E-state index contributed by atoms with van der Waals surface area (Å²) in [5, 5.41) is 8.29. The second-order valence-electron chi connectivity index (χ2n) is 1.52. The normalized spacial score (nSPS) is 28.2. The minimum atomic E-state index is -0.338. The summed E-state index contributed by atoms with van der Waals surface area (Å²) in [6.45, 7) is 2.74. The Kier molecular flexibility index (Phi) is 1.27. The molecule has 0 aliphatic carbocycles. The van der Waals surface area contributed by atoms with E-state index < -0.39 is 0 Å². The van der Waals surface area contributed by atoms with E-state index in [-0.39, 0.29) is 6.17 Å². The van der Waals surface area contributed by atoms with Crippen LogP contribution in [0.3, 0.4) is 0 Å². The Bertz CT molecular complexity index is 144. The van der Waals surface area contributed by atoms with Crippen LogP contribution in [0.25, 0.3) is 0 Å². The van der Waals surface area contributed by atoms with E-state index in [9.17, 15) is 0 Å². The van der Waals surface area contributed by atoms with Gasteiger partial charge in [0.25, 0.3) is 0 Å². The molecule has 0 aromatic heterocycles. The van der Waals surface area contributed by atoms with Gasteiger partial charge in [-0.25, -0.2) is 0 Å². The zero-order valence-electron chi connectivity index (χ0n) is 4.50. The maximum Gasteiger partial charge on any atom is 0.190 e. The van der Waals surface area contributed by atoms with Gasteiger partial charge in [-0.05, 0) is 7.05 Å². The van der Waals surface area contributed by atoms with Gasteiger partial charge >= 0.3 is 0 Å². The smallest absolute Gasteiger partial charge is 0.190 e. The van der Waals surface area contributed by atoms with Gasteiger partial charge in [-0.2, -0.15) is 5.26 Å². The van der Waals surface area contributed by atoms with Crippen LogP contribution in [0.1, 0.15) is 0 Å². The Morgan fingerprint density at radius 1 is 2.00 bits per heavy atom. The summed E-state index contributed by atoms with van der Waals surface area (Å²) in [5.74, 6) is 0. The summed E-state index contributed by atoms with van der Waals surface area (Å²) < 4.78 is 0. The third-order valence-corrected chi connectivity index (χ3v) is 0.959. The highest BCUT2D eigenvalue weighted by molar-refractivity contribution is 5.69. The minimum absolute atomic E-state index is 0.338. The van der Waals surface area contributed by atoms with Gasteiger partial charge in [0.05, 0.1) is 0 Å². The van der Waals surface area contributed by atoms with Gasteiger partial charge in [0.15, 0.2) is 6.17 Å². The highest BCUT2D eigenvalue weighted by Crippen LogP contribution is 2.03. The number of rotatable bonds is 0. The van der Waals surface area contributed by atoms with Gasteiger partial charge in [0, 0.05) is 6.21 Å². The molecular formula is C5H5N3. The molecule has 3 heteroatoms. The van der Waals surface area contributed by atoms with E-state index in [0.717, 1.165) is 0 Å². The van der Waals surface area contributed by atoms with Crippen molar-refractivity contribution in [2.75, 3.05) is 7.05 Å². The molecule has 1 atom stereocenters. The Labute approximate surface area is 48.2 Å². The van der Waals surface area contributed by atoms with E-state index in [1.807, 2.05) is 6.07 Å². The van der Waals surface area contributed by atoms with E-state index in [4.69, 9.17) is 5.26 Å². The van der Waals surface area contributed by atoms with Gasteiger partial charge in [-0.1, -0.05) is 0 Å². The van der Waals surface area contributed by atoms with Crippen molar-refractivity contribution in [1.82, 2.24) is 4.90 Å². The molecule has 1 rings (SSSR count). The van der Waals surface area contributed by atoms with Gasteiger partial charge in [-0.3, -0.25) is 9.89 Å². The Balaban J connectivity index is 2.57. The highest BCUT2D eigenvalue weighted by Gasteiger charge is 2.15. The summed E-state index contributed by atoms with van der Waals surface area (Å²) in [7, 11) is 1.76. The van der Waals surface area contributed by atoms with Crippen molar-refractivity contribution in [2.45, 2.75) is 6.17 Å². The quantitative estimate of drug-likeness (QED) is 0.433. The zero-order valence-corrected chi connectivity index (χ0v) is 4.50. The number of hydrogen-bond donors (Lipinski definition) is 0. The summed E-state index contributed by atoms with van der Waals surface area (Å²) >= 11 is 0. The topological polar surface area (TPSA) is 39.4 Å². The van der Waals surface area contributed by atoms with Crippen LogP contribution in [-0.2, 0) is 0 Å². The third-order valence-electron chi connectivity index (χ3n) is 0.959. The van der Waals surface area contributed by atoms with Gasteiger partial charge in [0.1, 0.15) is 12.6 Å². The molecular weight excluding hydrogens is 102 g/mol. The third kappa shape index (κ3) is 0.703. The van der Waals surface area contributed by atoms with Crippen molar-refractivity contribution in [1.29, 1.82) is 5.26 Å². The van der Waals surface area contributed by atoms with Crippen LogP contribution < -0.4 is 0 Å². The first-order valence-corrected chi connectivity index (χ1v) is 2.25. The van der Waals surface area contributed by atoms with Crippen LogP contribution in [0.5, 0.6) is 0 Å². The maximum atomic E-state index is 8.29. The second-order valence-corrected chi connectivity index (χ2v) is 1.52. The molecule has 0 fully saturated rings. The van der Waals surface area contributed by atoms with Gasteiger partial charge in [-0.15, -0.1) is 0 Å². The number of nitriles is 1. The molecule has 0 saturated heterocycles. The molecule has 0 N–H and O–H groups in total. The fourth-order valence-electron chi connectivity index (χ4n) is 0.486. The van der Waals surface area contributed by atoms with Crippen LogP contribution in [-0.4, -0.2) is 24.3 Å². The average Bonchev–Trinajstić information content (AvgIpc) is 2.14. The van der Waals surface area contributed by atoms with Crippen LogP contribution in [0.2, 0.25) is 0 Å². The lowest BCUT2D eigenvalue weighted by atomic mass is 10.5. The number of nitrogens with zero attached hydrogens (tertiary/aromatic N) is 3. The Hall–Kier alpha value is -0.880. The maximum absolute atomic E-state index is 8.29. The fourth-order valence-corrected chi connectivity index (χ4v) is 0.486. The molecule has 1 heterocycles. The number of aliphatic imine (C=N–C) groups is 1. The van der Waals surface area contributed by atoms with Crippen LogP contribution in [0.4, 0.5) is 0 Å². The van der Waals surface area contributed by atoms with E-state index in [2.05, 4.69) is 11.5 Å². The Morgan fingerprint density at radius 3 is 3.00 bits per heavy atom. The molecule has 40 valence electrons. The summed E-state index contributed by atoms with van der Waals surface area (Å²) in [6, 6.07) is 1.98. The monoisotopic (exact) mass is 107 g/mol. The molecule has 0 bridgehead atoms. The van der Waals surface area contributed by atoms with Crippen molar-refractivity contribution >= 4 is 6.21 Å². The van der Waals surface area contributed by atoms with E-state index in [1.165, 1.54) is 6.21 Å². The minimum Gasteiger partial charge on any atom is -0.261 e. The average molecular weight is 107 g/mol. The lowest BCUT2D eigenvalue weighted by Crippen LogP contribution is -2.20. The molecule has 1 aliphatic rings. The zero-order chi connectivity index (χ0) is 5.98. The molecule has 3 nitrogen and oxygen atoms in total. The SMILES string of the molecule is CN1[C]C=NC1C#N. The first-order chi connectivity index (χ1) is 3.84. The lowest BCUT2D eigenvalue weighted by molar-refractivity contribution is 0.403. The molecule has 2 radical (unpaired) electrons. The molecule has 1 aliphatic heterocycles. The van der Waals surface area contributed by atoms with Crippen molar-refractivity contribution < 1.29 is 0 Å². The molecule has 8 heavy (non-hydrogen) atoms. The summed E-state index contributed by atoms with van der Waals surface area (Å²) in [4.78, 5) is 5.39. The summed E-state index contributed by atoms with van der Waals surface area (Å²) in [6.07, 6.45) is 1.17. The number of hydrogen-bond acceptors (Lipinski definition) is 3. The molecule has 0 spiro atoms. The van der Waals surface area contributed by atoms with E-state index in [0.29, 0.717) is 0 Å². The first-order valence-electron chi connectivity index (χ1n) is 2.25. The van der Waals surface area contributed by atoms with Gasteiger partial charge < -0.3 is 0 Å². The van der Waals surface area contributed by atoms with E-state index in [1.54, 1.807) is 11.9 Å². The van der Waals surface area contributed by atoms with Gasteiger partial charge in [0.2, 0.25) is 0 Å².